The molecule has 1 fully saturated rings. The Hall–Kier alpha value is -1.26. The topological polar surface area (TPSA) is 69.6 Å². The molecule has 20 heavy (non-hydrogen) atoms. The van der Waals surface area contributed by atoms with Crippen molar-refractivity contribution >= 4 is 12.0 Å². The smallest absolute Gasteiger partial charge is 0.317 e. The van der Waals surface area contributed by atoms with Crippen molar-refractivity contribution in [2.24, 2.45) is 17.3 Å². The van der Waals surface area contributed by atoms with Crippen molar-refractivity contribution in [3.63, 3.8) is 0 Å². The molecule has 1 heterocycles. The number of carbonyl (C=O) groups is 2. The van der Waals surface area contributed by atoms with Crippen LogP contribution in [0.1, 0.15) is 47.0 Å². The first kappa shape index (κ1) is 16.8. The van der Waals surface area contributed by atoms with Gasteiger partial charge in [0.25, 0.3) is 0 Å². The van der Waals surface area contributed by atoms with Gasteiger partial charge in [-0.1, -0.05) is 27.7 Å². The van der Waals surface area contributed by atoms with Crippen molar-refractivity contribution in [3.8, 4) is 0 Å². The molecule has 2 N–H and O–H groups in total. The molecule has 5 heteroatoms. The molecule has 116 valence electrons. The van der Waals surface area contributed by atoms with E-state index in [2.05, 4.69) is 19.2 Å². The first-order chi connectivity index (χ1) is 9.23. The third-order valence-electron chi connectivity index (χ3n) is 4.22. The van der Waals surface area contributed by atoms with Crippen LogP contribution in [0.25, 0.3) is 0 Å². The van der Waals surface area contributed by atoms with Crippen molar-refractivity contribution < 1.29 is 14.7 Å². The van der Waals surface area contributed by atoms with Crippen LogP contribution in [0.4, 0.5) is 4.79 Å². The average Bonchev–Trinajstić information content (AvgIpc) is 2.49. The molecule has 0 saturated carbocycles. The minimum absolute atomic E-state index is 0.0101. The number of carboxylic acids is 1. The highest BCUT2D eigenvalue weighted by molar-refractivity contribution is 5.76. The Morgan fingerprint density at radius 2 is 1.90 bits per heavy atom. The molecular weight excluding hydrogens is 256 g/mol. The van der Waals surface area contributed by atoms with Gasteiger partial charge in [-0.2, -0.15) is 0 Å². The Kier molecular flexibility index (Phi) is 5.84. The molecule has 0 spiro atoms. The van der Waals surface area contributed by atoms with Crippen LogP contribution < -0.4 is 5.32 Å². The highest BCUT2D eigenvalue weighted by atomic mass is 16.4. The number of likely N-dealkylation sites (tertiary alicyclic amines) is 1. The Bertz CT molecular complexity index is 353. The zero-order valence-corrected chi connectivity index (χ0v) is 13.1. The maximum atomic E-state index is 12.1. The lowest BCUT2D eigenvalue weighted by atomic mass is 9.85. The number of rotatable bonds is 4. The first-order valence-electron chi connectivity index (χ1n) is 7.48. The summed E-state index contributed by atoms with van der Waals surface area (Å²) in [5, 5.41) is 11.9. The highest BCUT2D eigenvalue weighted by Crippen LogP contribution is 2.29. The summed E-state index contributed by atoms with van der Waals surface area (Å²) < 4.78 is 0. The molecular formula is C15H28N2O3. The molecule has 0 aliphatic carbocycles. The van der Waals surface area contributed by atoms with Crippen molar-refractivity contribution in [2.45, 2.75) is 47.0 Å². The zero-order chi connectivity index (χ0) is 15.3. The molecule has 2 amide bonds. The Morgan fingerprint density at radius 3 is 2.45 bits per heavy atom. The number of urea groups is 1. The maximum Gasteiger partial charge on any atom is 0.317 e. The van der Waals surface area contributed by atoms with E-state index in [1.54, 1.807) is 0 Å². The van der Waals surface area contributed by atoms with Gasteiger partial charge in [-0.15, -0.1) is 0 Å². The van der Waals surface area contributed by atoms with Crippen molar-refractivity contribution in [2.75, 3.05) is 19.6 Å². The SMILES string of the molecule is CC(C)C(CNC(=O)N1CCCC(C)(C)CC1)C(=O)O. The van der Waals surface area contributed by atoms with Gasteiger partial charge in [0.15, 0.2) is 0 Å². The van der Waals surface area contributed by atoms with E-state index in [0.29, 0.717) is 0 Å². The second-order valence-electron chi connectivity index (χ2n) is 6.88. The number of hydrogen-bond acceptors (Lipinski definition) is 2. The summed E-state index contributed by atoms with van der Waals surface area (Å²) in [7, 11) is 0. The lowest BCUT2D eigenvalue weighted by Crippen LogP contribution is -2.44. The molecule has 1 saturated heterocycles. The number of aliphatic carboxylic acids is 1. The third-order valence-corrected chi connectivity index (χ3v) is 4.22. The van der Waals surface area contributed by atoms with Crippen LogP contribution >= 0.6 is 0 Å². The van der Waals surface area contributed by atoms with Gasteiger partial charge >= 0.3 is 12.0 Å². The molecule has 0 radical (unpaired) electrons. The number of nitrogens with zero attached hydrogens (tertiary/aromatic N) is 1. The molecule has 1 atom stereocenters. The van der Waals surface area contributed by atoms with Gasteiger partial charge in [0.1, 0.15) is 0 Å². The zero-order valence-electron chi connectivity index (χ0n) is 13.1. The standard InChI is InChI=1S/C15H28N2O3/c1-11(2)12(13(18)19)10-16-14(20)17-8-5-6-15(3,4)7-9-17/h11-12H,5-10H2,1-4H3,(H,16,20)(H,18,19). The number of amides is 2. The van der Waals surface area contributed by atoms with Crippen molar-refractivity contribution in [1.82, 2.24) is 10.2 Å². The molecule has 1 aliphatic heterocycles. The fraction of sp³-hybridized carbons (Fsp3) is 0.867. The summed E-state index contributed by atoms with van der Waals surface area (Å²) in [5.41, 5.74) is 0.288. The third kappa shape index (κ3) is 5.02. The van der Waals surface area contributed by atoms with Gasteiger partial charge in [-0.3, -0.25) is 4.79 Å². The van der Waals surface area contributed by atoms with E-state index in [4.69, 9.17) is 5.11 Å². The Balaban J connectivity index is 2.48. The van der Waals surface area contributed by atoms with E-state index in [9.17, 15) is 9.59 Å². The summed E-state index contributed by atoms with van der Waals surface area (Å²) in [5.74, 6) is -1.37. The lowest BCUT2D eigenvalue weighted by molar-refractivity contribution is -0.142. The molecule has 5 nitrogen and oxygen atoms in total. The molecule has 1 rings (SSSR count). The van der Waals surface area contributed by atoms with Crippen LogP contribution in [0.3, 0.4) is 0 Å². The van der Waals surface area contributed by atoms with Gasteiger partial charge in [0.05, 0.1) is 5.92 Å². The number of nitrogens with one attached hydrogen (secondary N) is 1. The van der Waals surface area contributed by atoms with Gasteiger partial charge in [-0.25, -0.2) is 4.79 Å². The molecule has 0 aromatic carbocycles. The minimum Gasteiger partial charge on any atom is -0.481 e. The molecule has 1 unspecified atom stereocenters. The van der Waals surface area contributed by atoms with Crippen LogP contribution in [0.5, 0.6) is 0 Å². The highest BCUT2D eigenvalue weighted by Gasteiger charge is 2.27. The average molecular weight is 284 g/mol. The van der Waals surface area contributed by atoms with Crippen LogP contribution in [-0.2, 0) is 4.79 Å². The number of carboxylic acid groups (broad SMARTS) is 1. The van der Waals surface area contributed by atoms with Gasteiger partial charge < -0.3 is 15.3 Å². The molecule has 0 bridgehead atoms. The van der Waals surface area contributed by atoms with E-state index in [1.807, 2.05) is 18.7 Å². The van der Waals surface area contributed by atoms with Crippen molar-refractivity contribution in [1.29, 1.82) is 0 Å². The molecule has 1 aliphatic rings. The van der Waals surface area contributed by atoms with E-state index in [-0.39, 0.29) is 23.9 Å². The molecule has 0 aromatic heterocycles. The van der Waals surface area contributed by atoms with E-state index < -0.39 is 11.9 Å². The fourth-order valence-electron chi connectivity index (χ4n) is 2.54. The summed E-state index contributed by atoms with van der Waals surface area (Å²) in [6.07, 6.45) is 3.13. The van der Waals surface area contributed by atoms with E-state index >= 15 is 0 Å². The first-order valence-corrected chi connectivity index (χ1v) is 7.48. The predicted molar refractivity (Wildman–Crippen MR) is 78.6 cm³/mol. The summed E-state index contributed by atoms with van der Waals surface area (Å²) >= 11 is 0. The van der Waals surface area contributed by atoms with Crippen LogP contribution in [0, 0.1) is 17.3 Å². The van der Waals surface area contributed by atoms with Gasteiger partial charge in [-0.05, 0) is 30.6 Å². The quantitative estimate of drug-likeness (QED) is 0.833. The van der Waals surface area contributed by atoms with Gasteiger partial charge in [0, 0.05) is 19.6 Å². The van der Waals surface area contributed by atoms with Crippen molar-refractivity contribution in [3.05, 3.63) is 0 Å². The Labute approximate surface area is 121 Å². The van der Waals surface area contributed by atoms with E-state index in [1.165, 1.54) is 0 Å². The molecule has 0 aromatic rings. The normalized spacial score (nSPS) is 20.4. The predicted octanol–water partition coefficient (Wildman–Crippen LogP) is 2.56. The van der Waals surface area contributed by atoms with Crippen LogP contribution in [-0.4, -0.2) is 41.6 Å². The fourth-order valence-corrected chi connectivity index (χ4v) is 2.54. The summed E-state index contributed by atoms with van der Waals surface area (Å²) in [4.78, 5) is 25.1. The second-order valence-corrected chi connectivity index (χ2v) is 6.88. The lowest BCUT2D eigenvalue weighted by Gasteiger charge is -2.24. The van der Waals surface area contributed by atoms with Crippen LogP contribution in [0.15, 0.2) is 0 Å². The Morgan fingerprint density at radius 1 is 1.25 bits per heavy atom. The summed E-state index contributed by atoms with van der Waals surface area (Å²) in [6, 6.07) is -0.130. The maximum absolute atomic E-state index is 12.1. The van der Waals surface area contributed by atoms with Gasteiger partial charge in [0.2, 0.25) is 0 Å². The monoisotopic (exact) mass is 284 g/mol. The summed E-state index contributed by atoms with van der Waals surface area (Å²) in [6.45, 7) is 9.89. The van der Waals surface area contributed by atoms with Crippen LogP contribution in [0.2, 0.25) is 0 Å². The number of carbonyl (C=O) groups excluding carboxylic acids is 1. The minimum atomic E-state index is -0.850. The largest absolute Gasteiger partial charge is 0.481 e. The number of hydrogen-bond donors (Lipinski definition) is 2. The second kappa shape index (κ2) is 6.95. The van der Waals surface area contributed by atoms with E-state index in [0.717, 1.165) is 32.4 Å².